The summed E-state index contributed by atoms with van der Waals surface area (Å²) in [5.74, 6) is 0. The first-order chi connectivity index (χ1) is 10.7. The Morgan fingerprint density at radius 1 is 1.09 bits per heavy atom. The standard InChI is InChI=1S/C18H14BrN3/c1-12-17-10-20-18(13-5-3-2-4-6-13)15-9-14(19)7-8-16(15)22(17)11-21-12/h2-9,11H,10H2,1H3. The average Bonchev–Trinajstić information content (AvgIpc) is 2.82. The van der Waals surface area contributed by atoms with Crippen LogP contribution in [-0.2, 0) is 6.54 Å². The third-order valence-electron chi connectivity index (χ3n) is 3.98. The molecule has 1 aliphatic rings. The van der Waals surface area contributed by atoms with Gasteiger partial charge in [0.25, 0.3) is 0 Å². The number of hydrogen-bond donors (Lipinski definition) is 0. The van der Waals surface area contributed by atoms with Gasteiger partial charge in [-0.1, -0.05) is 46.3 Å². The lowest BCUT2D eigenvalue weighted by Gasteiger charge is -2.12. The monoisotopic (exact) mass is 351 g/mol. The largest absolute Gasteiger partial charge is 0.300 e. The molecule has 1 aliphatic heterocycles. The zero-order valence-electron chi connectivity index (χ0n) is 12.1. The van der Waals surface area contributed by atoms with E-state index in [9.17, 15) is 0 Å². The van der Waals surface area contributed by atoms with E-state index >= 15 is 0 Å². The van der Waals surface area contributed by atoms with Crippen LogP contribution >= 0.6 is 15.9 Å². The van der Waals surface area contributed by atoms with Crippen molar-refractivity contribution in [2.24, 2.45) is 4.99 Å². The van der Waals surface area contributed by atoms with Crippen LogP contribution in [0.2, 0.25) is 0 Å². The number of aliphatic imine (C=N–C) groups is 1. The Bertz CT molecular complexity index is 879. The highest BCUT2D eigenvalue weighted by Gasteiger charge is 2.20. The van der Waals surface area contributed by atoms with E-state index in [1.54, 1.807) is 0 Å². The maximum absolute atomic E-state index is 4.89. The van der Waals surface area contributed by atoms with Gasteiger partial charge in [-0.2, -0.15) is 0 Å². The van der Waals surface area contributed by atoms with Crippen LogP contribution in [-0.4, -0.2) is 15.3 Å². The van der Waals surface area contributed by atoms with Crippen LogP contribution in [0.15, 0.2) is 64.3 Å². The molecule has 0 bridgehead atoms. The molecule has 1 aromatic heterocycles. The third kappa shape index (κ3) is 2.11. The molecule has 0 unspecified atom stereocenters. The molecule has 0 atom stereocenters. The average molecular weight is 352 g/mol. The van der Waals surface area contributed by atoms with E-state index in [2.05, 4.69) is 55.8 Å². The van der Waals surface area contributed by atoms with E-state index in [1.807, 2.05) is 31.5 Å². The lowest BCUT2D eigenvalue weighted by atomic mass is 10.0. The molecule has 0 amide bonds. The molecule has 4 rings (SSSR count). The van der Waals surface area contributed by atoms with E-state index in [4.69, 9.17) is 4.99 Å². The van der Waals surface area contributed by atoms with Crippen molar-refractivity contribution in [3.8, 4) is 5.69 Å². The molecular weight excluding hydrogens is 338 g/mol. The SMILES string of the molecule is Cc1ncn2c1CN=C(c1ccccc1)c1cc(Br)ccc1-2. The third-order valence-corrected chi connectivity index (χ3v) is 4.48. The van der Waals surface area contributed by atoms with Crippen LogP contribution < -0.4 is 0 Å². The first-order valence-corrected chi connectivity index (χ1v) is 7.96. The highest BCUT2D eigenvalue weighted by molar-refractivity contribution is 9.10. The Morgan fingerprint density at radius 2 is 1.91 bits per heavy atom. The number of imidazole rings is 1. The molecule has 22 heavy (non-hydrogen) atoms. The minimum atomic E-state index is 0.641. The Balaban J connectivity index is 2.01. The summed E-state index contributed by atoms with van der Waals surface area (Å²) in [7, 11) is 0. The normalized spacial score (nSPS) is 13.1. The number of halogens is 1. The summed E-state index contributed by atoms with van der Waals surface area (Å²) in [4.78, 5) is 9.33. The predicted molar refractivity (Wildman–Crippen MR) is 91.8 cm³/mol. The molecule has 0 saturated heterocycles. The number of aryl methyl sites for hydroxylation is 1. The Morgan fingerprint density at radius 3 is 2.73 bits per heavy atom. The van der Waals surface area contributed by atoms with Crippen molar-refractivity contribution < 1.29 is 0 Å². The smallest absolute Gasteiger partial charge is 0.0998 e. The molecule has 3 nitrogen and oxygen atoms in total. The summed E-state index contributed by atoms with van der Waals surface area (Å²) in [6.45, 7) is 2.68. The van der Waals surface area contributed by atoms with Crippen LogP contribution in [0.5, 0.6) is 0 Å². The second-order valence-electron chi connectivity index (χ2n) is 5.34. The van der Waals surface area contributed by atoms with Crippen molar-refractivity contribution in [1.29, 1.82) is 0 Å². The molecule has 2 heterocycles. The maximum Gasteiger partial charge on any atom is 0.0998 e. The van der Waals surface area contributed by atoms with Crippen molar-refractivity contribution in [1.82, 2.24) is 9.55 Å². The second kappa shape index (κ2) is 5.21. The number of hydrogen-bond acceptors (Lipinski definition) is 2. The van der Waals surface area contributed by atoms with Gasteiger partial charge < -0.3 is 4.57 Å². The fraction of sp³-hybridized carbons (Fsp3) is 0.111. The van der Waals surface area contributed by atoms with Crippen molar-refractivity contribution in [3.63, 3.8) is 0 Å². The van der Waals surface area contributed by atoms with Crippen molar-refractivity contribution in [2.75, 3.05) is 0 Å². The summed E-state index contributed by atoms with van der Waals surface area (Å²) < 4.78 is 3.20. The highest BCUT2D eigenvalue weighted by atomic mass is 79.9. The fourth-order valence-electron chi connectivity index (χ4n) is 2.85. The van der Waals surface area contributed by atoms with Crippen molar-refractivity contribution >= 4 is 21.6 Å². The van der Waals surface area contributed by atoms with Crippen molar-refractivity contribution in [3.05, 3.63) is 81.8 Å². The van der Waals surface area contributed by atoms with E-state index < -0.39 is 0 Å². The molecule has 0 saturated carbocycles. The van der Waals surface area contributed by atoms with E-state index in [0.29, 0.717) is 6.54 Å². The van der Waals surface area contributed by atoms with Gasteiger partial charge in [-0.25, -0.2) is 4.98 Å². The number of benzene rings is 2. The molecule has 0 spiro atoms. The van der Waals surface area contributed by atoms with Gasteiger partial charge in [0, 0.05) is 15.6 Å². The first-order valence-electron chi connectivity index (χ1n) is 7.17. The van der Waals surface area contributed by atoms with Gasteiger partial charge in [-0.05, 0) is 25.1 Å². The molecule has 3 aromatic rings. The lowest BCUT2D eigenvalue weighted by molar-refractivity contribution is 0.914. The van der Waals surface area contributed by atoms with Crippen molar-refractivity contribution in [2.45, 2.75) is 13.5 Å². The lowest BCUT2D eigenvalue weighted by Crippen LogP contribution is -2.06. The van der Waals surface area contributed by atoms with Gasteiger partial charge in [0.15, 0.2) is 0 Å². The van der Waals surface area contributed by atoms with E-state index in [0.717, 1.165) is 38.4 Å². The topological polar surface area (TPSA) is 30.2 Å². The Hall–Kier alpha value is -2.20. The van der Waals surface area contributed by atoms with Crippen LogP contribution in [0.4, 0.5) is 0 Å². The van der Waals surface area contributed by atoms with E-state index in [1.165, 1.54) is 0 Å². The zero-order chi connectivity index (χ0) is 15.1. The van der Waals surface area contributed by atoms with Crippen LogP contribution in [0.1, 0.15) is 22.5 Å². The number of fused-ring (bicyclic) bond motifs is 3. The van der Waals surface area contributed by atoms with Gasteiger partial charge in [0.05, 0.1) is 35.7 Å². The van der Waals surface area contributed by atoms with Gasteiger partial charge in [0.2, 0.25) is 0 Å². The molecule has 0 fully saturated rings. The summed E-state index contributed by atoms with van der Waals surface area (Å²) in [6.07, 6.45) is 1.89. The zero-order valence-corrected chi connectivity index (χ0v) is 13.7. The summed E-state index contributed by atoms with van der Waals surface area (Å²) >= 11 is 3.58. The molecule has 4 heteroatoms. The Labute approximate surface area is 137 Å². The summed E-state index contributed by atoms with van der Waals surface area (Å²) in [5, 5.41) is 0. The predicted octanol–water partition coefficient (Wildman–Crippen LogP) is 4.29. The van der Waals surface area contributed by atoms with Gasteiger partial charge in [-0.3, -0.25) is 4.99 Å². The molecule has 0 radical (unpaired) electrons. The quantitative estimate of drug-likeness (QED) is 0.642. The number of aromatic nitrogens is 2. The molecule has 2 aromatic carbocycles. The number of rotatable bonds is 1. The van der Waals surface area contributed by atoms with Gasteiger partial charge in [-0.15, -0.1) is 0 Å². The minimum absolute atomic E-state index is 0.641. The molecule has 108 valence electrons. The highest BCUT2D eigenvalue weighted by Crippen LogP contribution is 2.28. The summed E-state index contributed by atoms with van der Waals surface area (Å²) in [5.41, 5.74) is 6.59. The van der Waals surface area contributed by atoms with E-state index in [-0.39, 0.29) is 0 Å². The van der Waals surface area contributed by atoms with Crippen LogP contribution in [0, 0.1) is 6.92 Å². The van der Waals surface area contributed by atoms with Gasteiger partial charge >= 0.3 is 0 Å². The first kappa shape index (κ1) is 13.5. The molecule has 0 N–H and O–H groups in total. The second-order valence-corrected chi connectivity index (χ2v) is 6.25. The van der Waals surface area contributed by atoms with Gasteiger partial charge in [0.1, 0.15) is 0 Å². The molecule has 0 aliphatic carbocycles. The number of nitrogens with zero attached hydrogens (tertiary/aromatic N) is 3. The molecular formula is C18H14BrN3. The maximum atomic E-state index is 4.89. The summed E-state index contributed by atoms with van der Waals surface area (Å²) in [6, 6.07) is 16.6. The van der Waals surface area contributed by atoms with Crippen LogP contribution in [0.25, 0.3) is 5.69 Å². The van der Waals surface area contributed by atoms with Crippen LogP contribution in [0.3, 0.4) is 0 Å². The fourth-order valence-corrected chi connectivity index (χ4v) is 3.21. The minimum Gasteiger partial charge on any atom is -0.300 e. The Kier molecular flexibility index (Phi) is 3.19.